The van der Waals surface area contributed by atoms with Gasteiger partial charge in [0.15, 0.2) is 5.58 Å². The van der Waals surface area contributed by atoms with E-state index in [0.717, 1.165) is 44.5 Å². The zero-order valence-electron chi connectivity index (χ0n) is 26.6. The summed E-state index contributed by atoms with van der Waals surface area (Å²) in [5.41, 5.74) is 11.0. The molecule has 1 aliphatic rings. The first-order chi connectivity index (χ1) is 23.5. The number of anilines is 3. The molecule has 0 spiro atoms. The molecule has 0 amide bonds. The summed E-state index contributed by atoms with van der Waals surface area (Å²) in [6.07, 6.45) is 0. The molecule has 0 unspecified atom stereocenters. The molecule has 9 aromatic rings. The molecule has 4 heteroatoms. The first-order valence-electron chi connectivity index (χ1n) is 16.4. The lowest BCUT2D eigenvalue weighted by molar-refractivity contribution is 0.623. The molecule has 7 aromatic carbocycles. The largest absolute Gasteiger partial charge is 0.435 e. The van der Waals surface area contributed by atoms with Gasteiger partial charge in [-0.05, 0) is 76.2 Å². The average Bonchev–Trinajstić information content (AvgIpc) is 3.80. The maximum atomic E-state index is 6.65. The van der Waals surface area contributed by atoms with Gasteiger partial charge >= 0.3 is 0 Å². The quantitative estimate of drug-likeness (QED) is 0.193. The molecular formula is C44H30N2OS. The maximum absolute atomic E-state index is 6.65. The molecule has 0 fully saturated rings. The van der Waals surface area contributed by atoms with Gasteiger partial charge in [-0.1, -0.05) is 111 Å². The van der Waals surface area contributed by atoms with Gasteiger partial charge in [-0.25, -0.2) is 4.98 Å². The van der Waals surface area contributed by atoms with E-state index in [4.69, 9.17) is 9.40 Å². The maximum Gasteiger partial charge on any atom is 0.227 e. The smallest absolute Gasteiger partial charge is 0.227 e. The molecule has 0 bridgehead atoms. The summed E-state index contributed by atoms with van der Waals surface area (Å²) in [6, 6.07) is 52.3. The summed E-state index contributed by atoms with van der Waals surface area (Å²) >= 11 is 1.84. The van der Waals surface area contributed by atoms with Crippen molar-refractivity contribution in [2.24, 2.45) is 0 Å². The SMILES string of the molecule is CC1(C)c2ccccc2-c2ccc(N(c3ccc4c(c3)sc3ccccc34)c3cc4ccccc4c4oc(-c5ccccc5)nc34)cc21. The third-order valence-corrected chi connectivity index (χ3v) is 11.2. The highest BCUT2D eigenvalue weighted by Crippen LogP contribution is 2.52. The number of aromatic nitrogens is 1. The van der Waals surface area contributed by atoms with Gasteiger partial charge in [-0.3, -0.25) is 0 Å². The summed E-state index contributed by atoms with van der Waals surface area (Å²) in [7, 11) is 0. The number of fused-ring (bicyclic) bond motifs is 9. The fourth-order valence-electron chi connectivity index (χ4n) is 7.71. The second kappa shape index (κ2) is 10.1. The highest BCUT2D eigenvalue weighted by Gasteiger charge is 2.36. The van der Waals surface area contributed by atoms with Crippen LogP contribution in [0.1, 0.15) is 25.0 Å². The number of benzene rings is 7. The van der Waals surface area contributed by atoms with Crippen molar-refractivity contribution in [1.29, 1.82) is 0 Å². The standard InChI is InChI=1S/C44H30N2OS/c1-44(2)36-18-10-8-16-32(36)33-22-20-29(25-37(33)44)46(30-21-23-35-34-17-9-11-19-39(34)48-40(35)26-30)38-24-28-14-6-7-15-31(28)42-41(38)45-43(47-42)27-12-4-3-5-13-27/h3-26H,1-2H3. The van der Waals surface area contributed by atoms with Crippen molar-refractivity contribution in [2.45, 2.75) is 19.3 Å². The molecule has 0 atom stereocenters. The van der Waals surface area contributed by atoms with Crippen molar-refractivity contribution >= 4 is 70.4 Å². The lowest BCUT2D eigenvalue weighted by atomic mass is 9.82. The van der Waals surface area contributed by atoms with Gasteiger partial charge in [0.05, 0.1) is 5.69 Å². The number of nitrogens with zero attached hydrogens (tertiary/aromatic N) is 2. The molecule has 0 radical (unpaired) electrons. The Balaban J connectivity index is 1.27. The van der Waals surface area contributed by atoms with Crippen LogP contribution >= 0.6 is 11.3 Å². The fourth-order valence-corrected chi connectivity index (χ4v) is 8.85. The third-order valence-electron chi connectivity index (χ3n) is 10.1. The monoisotopic (exact) mass is 634 g/mol. The van der Waals surface area contributed by atoms with Gasteiger partial charge in [-0.2, -0.15) is 0 Å². The van der Waals surface area contributed by atoms with Gasteiger partial charge in [0.1, 0.15) is 5.52 Å². The Morgan fingerprint density at radius 1 is 0.583 bits per heavy atom. The Kier molecular flexibility index (Phi) is 5.79. The number of hydrogen-bond acceptors (Lipinski definition) is 4. The Bertz CT molecular complexity index is 2720. The van der Waals surface area contributed by atoms with Gasteiger partial charge in [0.25, 0.3) is 0 Å². The van der Waals surface area contributed by atoms with E-state index in [1.165, 1.54) is 42.4 Å². The molecule has 0 N–H and O–H groups in total. The van der Waals surface area contributed by atoms with Crippen molar-refractivity contribution in [1.82, 2.24) is 4.98 Å². The topological polar surface area (TPSA) is 29.3 Å². The van der Waals surface area contributed by atoms with E-state index in [1.54, 1.807) is 0 Å². The Labute approximate surface area is 282 Å². The molecule has 1 aliphatic carbocycles. The van der Waals surface area contributed by atoms with E-state index in [2.05, 4.69) is 146 Å². The lowest BCUT2D eigenvalue weighted by Crippen LogP contribution is -2.16. The van der Waals surface area contributed by atoms with Crippen molar-refractivity contribution in [2.75, 3.05) is 4.90 Å². The highest BCUT2D eigenvalue weighted by molar-refractivity contribution is 7.25. The van der Waals surface area contributed by atoms with Gasteiger partial charge in [-0.15, -0.1) is 11.3 Å². The second-order valence-electron chi connectivity index (χ2n) is 13.2. The van der Waals surface area contributed by atoms with Crippen molar-refractivity contribution in [3.63, 3.8) is 0 Å². The van der Waals surface area contributed by atoms with Crippen LogP contribution in [0.25, 0.3) is 64.6 Å². The number of hydrogen-bond donors (Lipinski definition) is 0. The van der Waals surface area contributed by atoms with E-state index in [0.29, 0.717) is 5.89 Å². The van der Waals surface area contributed by atoms with Crippen molar-refractivity contribution in [3.8, 4) is 22.6 Å². The van der Waals surface area contributed by atoms with Crippen LogP contribution in [-0.2, 0) is 5.41 Å². The van der Waals surface area contributed by atoms with E-state index in [-0.39, 0.29) is 5.41 Å². The predicted molar refractivity (Wildman–Crippen MR) is 202 cm³/mol. The first-order valence-corrected chi connectivity index (χ1v) is 17.2. The first kappa shape index (κ1) is 27.4. The zero-order chi connectivity index (χ0) is 32.0. The molecule has 3 nitrogen and oxygen atoms in total. The number of thiophene rings is 1. The second-order valence-corrected chi connectivity index (χ2v) is 14.3. The van der Waals surface area contributed by atoms with Crippen molar-refractivity contribution in [3.05, 3.63) is 157 Å². The molecule has 10 rings (SSSR count). The summed E-state index contributed by atoms with van der Waals surface area (Å²) in [4.78, 5) is 7.61. The number of oxazole rings is 1. The Morgan fingerprint density at radius 3 is 2.17 bits per heavy atom. The summed E-state index contributed by atoms with van der Waals surface area (Å²) in [5, 5.41) is 4.74. The van der Waals surface area contributed by atoms with E-state index in [1.807, 2.05) is 29.5 Å². The summed E-state index contributed by atoms with van der Waals surface area (Å²) in [5.74, 6) is 0.619. The average molecular weight is 635 g/mol. The summed E-state index contributed by atoms with van der Waals surface area (Å²) in [6.45, 7) is 4.68. The van der Waals surface area contributed by atoms with Crippen LogP contribution < -0.4 is 4.90 Å². The molecule has 48 heavy (non-hydrogen) atoms. The van der Waals surface area contributed by atoms with Gasteiger partial charge in [0, 0.05) is 47.9 Å². The lowest BCUT2D eigenvalue weighted by Gasteiger charge is -2.28. The Morgan fingerprint density at radius 2 is 1.27 bits per heavy atom. The number of rotatable bonds is 4. The van der Waals surface area contributed by atoms with Crippen molar-refractivity contribution < 1.29 is 4.42 Å². The van der Waals surface area contributed by atoms with E-state index in [9.17, 15) is 0 Å². The molecule has 0 saturated carbocycles. The zero-order valence-corrected chi connectivity index (χ0v) is 27.4. The fraction of sp³-hybridized carbons (Fsp3) is 0.0682. The van der Waals surface area contributed by atoms with Crippen LogP contribution in [0.2, 0.25) is 0 Å². The van der Waals surface area contributed by atoms with Gasteiger partial charge < -0.3 is 9.32 Å². The van der Waals surface area contributed by atoms with Gasteiger partial charge in [0.2, 0.25) is 5.89 Å². The van der Waals surface area contributed by atoms with E-state index < -0.39 is 0 Å². The molecule has 2 heterocycles. The van der Waals surface area contributed by atoms with Crippen LogP contribution in [0.3, 0.4) is 0 Å². The normalized spacial score (nSPS) is 13.4. The molecule has 2 aromatic heterocycles. The van der Waals surface area contributed by atoms with E-state index >= 15 is 0 Å². The minimum absolute atomic E-state index is 0.129. The van der Waals surface area contributed by atoms with Crippen LogP contribution in [0.5, 0.6) is 0 Å². The Hall–Kier alpha value is -5.71. The third kappa shape index (κ3) is 3.96. The van der Waals surface area contributed by atoms with Crippen LogP contribution in [-0.4, -0.2) is 4.98 Å². The van der Waals surface area contributed by atoms with Crippen LogP contribution in [0.15, 0.2) is 150 Å². The molecular weight excluding hydrogens is 605 g/mol. The molecule has 228 valence electrons. The predicted octanol–water partition coefficient (Wildman–Crippen LogP) is 12.8. The minimum Gasteiger partial charge on any atom is -0.435 e. The van der Waals surface area contributed by atoms with Crippen LogP contribution in [0.4, 0.5) is 17.1 Å². The molecule has 0 saturated heterocycles. The highest BCUT2D eigenvalue weighted by atomic mass is 32.1. The molecule has 0 aliphatic heterocycles. The summed E-state index contributed by atoms with van der Waals surface area (Å²) < 4.78 is 9.21. The minimum atomic E-state index is -0.129. The van der Waals surface area contributed by atoms with Crippen LogP contribution in [0, 0.1) is 0 Å².